The van der Waals surface area contributed by atoms with E-state index in [1.165, 1.54) is 29.5 Å². The van der Waals surface area contributed by atoms with Gasteiger partial charge in [0.1, 0.15) is 5.82 Å². The highest BCUT2D eigenvalue weighted by molar-refractivity contribution is 7.10. The van der Waals surface area contributed by atoms with Gasteiger partial charge in [0.15, 0.2) is 5.78 Å². The number of ketones is 1. The summed E-state index contributed by atoms with van der Waals surface area (Å²) in [7, 11) is 0. The van der Waals surface area contributed by atoms with Crippen molar-refractivity contribution in [2.45, 2.75) is 6.42 Å². The number of halogens is 2. The number of rotatable bonds is 3. The fourth-order valence-electron chi connectivity index (χ4n) is 1.42. The van der Waals surface area contributed by atoms with Gasteiger partial charge in [-0.25, -0.2) is 4.39 Å². The molecule has 0 aliphatic rings. The van der Waals surface area contributed by atoms with Gasteiger partial charge in [0.25, 0.3) is 0 Å². The van der Waals surface area contributed by atoms with E-state index >= 15 is 0 Å². The van der Waals surface area contributed by atoms with E-state index in [1.54, 1.807) is 0 Å². The van der Waals surface area contributed by atoms with E-state index in [-0.39, 0.29) is 22.8 Å². The highest BCUT2D eigenvalue weighted by Crippen LogP contribution is 2.22. The van der Waals surface area contributed by atoms with Crippen LogP contribution in [-0.4, -0.2) is 5.78 Å². The van der Waals surface area contributed by atoms with E-state index in [9.17, 15) is 9.18 Å². The maximum Gasteiger partial charge on any atom is 0.172 e. The molecule has 4 heteroatoms. The van der Waals surface area contributed by atoms with Crippen molar-refractivity contribution < 1.29 is 9.18 Å². The summed E-state index contributed by atoms with van der Waals surface area (Å²) < 4.78 is 13.4. The maximum absolute atomic E-state index is 13.4. The molecule has 0 saturated carbocycles. The average Bonchev–Trinajstić information content (AvgIpc) is 2.70. The Morgan fingerprint density at radius 2 is 2.12 bits per heavy atom. The molecule has 0 aliphatic carbocycles. The molecule has 0 fully saturated rings. The van der Waals surface area contributed by atoms with Crippen molar-refractivity contribution in [2.24, 2.45) is 0 Å². The molecule has 0 saturated heterocycles. The smallest absolute Gasteiger partial charge is 0.172 e. The van der Waals surface area contributed by atoms with Gasteiger partial charge in [0.2, 0.25) is 0 Å². The second-order valence-electron chi connectivity index (χ2n) is 3.28. The predicted octanol–water partition coefficient (Wildman–Crippen LogP) is 3.97. The van der Waals surface area contributed by atoms with Crippen LogP contribution in [0.15, 0.2) is 35.7 Å². The number of Topliss-reactive ketones (excluding diaryl/α,β-unsaturated/α-hetero) is 1. The van der Waals surface area contributed by atoms with Crippen LogP contribution in [0.1, 0.15) is 15.2 Å². The number of hydrogen-bond donors (Lipinski definition) is 0. The molecule has 0 N–H and O–H groups in total. The lowest BCUT2D eigenvalue weighted by Gasteiger charge is -2.03. The monoisotopic (exact) mass is 254 g/mol. The summed E-state index contributed by atoms with van der Waals surface area (Å²) in [4.78, 5) is 12.7. The Bertz CT molecular complexity index is 487. The van der Waals surface area contributed by atoms with Crippen molar-refractivity contribution in [3.8, 4) is 0 Å². The zero-order valence-corrected chi connectivity index (χ0v) is 9.82. The summed E-state index contributed by atoms with van der Waals surface area (Å²) in [6, 6.07) is 7.95. The Morgan fingerprint density at radius 3 is 2.75 bits per heavy atom. The van der Waals surface area contributed by atoms with Crippen molar-refractivity contribution in [1.82, 2.24) is 0 Å². The molecule has 0 atom stereocenters. The molecule has 82 valence electrons. The predicted molar refractivity (Wildman–Crippen MR) is 63.8 cm³/mol. The molecule has 0 radical (unpaired) electrons. The van der Waals surface area contributed by atoms with Crippen LogP contribution >= 0.6 is 22.9 Å². The zero-order valence-electron chi connectivity index (χ0n) is 8.24. The Labute approximate surface area is 101 Å². The van der Waals surface area contributed by atoms with Crippen molar-refractivity contribution >= 4 is 28.7 Å². The molecule has 0 aliphatic heterocycles. The topological polar surface area (TPSA) is 17.1 Å². The Hall–Kier alpha value is -1.19. The standard InChI is InChI=1S/C12H8ClFOS/c13-9-4-1-5-10(14)12(9)11(15)7-8-3-2-6-16-8/h1-6H,7H2. The first-order valence-electron chi connectivity index (χ1n) is 4.68. The first-order chi connectivity index (χ1) is 7.68. The number of carbonyl (C=O) groups excluding carboxylic acids is 1. The molecule has 0 unspecified atom stereocenters. The molecule has 16 heavy (non-hydrogen) atoms. The molecular weight excluding hydrogens is 247 g/mol. The minimum absolute atomic E-state index is 0.0161. The molecule has 2 rings (SSSR count). The minimum atomic E-state index is -0.561. The van der Waals surface area contributed by atoms with Gasteiger partial charge < -0.3 is 0 Å². The van der Waals surface area contributed by atoms with E-state index in [4.69, 9.17) is 11.6 Å². The quantitative estimate of drug-likeness (QED) is 0.758. The SMILES string of the molecule is O=C(Cc1cccs1)c1c(F)cccc1Cl. The molecule has 1 nitrogen and oxygen atoms in total. The van der Waals surface area contributed by atoms with E-state index in [0.29, 0.717) is 0 Å². The maximum atomic E-state index is 13.4. The molecule has 0 amide bonds. The summed E-state index contributed by atoms with van der Waals surface area (Å²) in [6.45, 7) is 0. The van der Waals surface area contributed by atoms with Crippen LogP contribution in [0.3, 0.4) is 0 Å². The van der Waals surface area contributed by atoms with Crippen LogP contribution in [-0.2, 0) is 6.42 Å². The molecule has 0 bridgehead atoms. The Morgan fingerprint density at radius 1 is 1.31 bits per heavy atom. The van der Waals surface area contributed by atoms with Gasteiger partial charge >= 0.3 is 0 Å². The van der Waals surface area contributed by atoms with Crippen LogP contribution < -0.4 is 0 Å². The van der Waals surface area contributed by atoms with Crippen LogP contribution in [0, 0.1) is 5.82 Å². The molecule has 1 aromatic heterocycles. The molecule has 1 aromatic carbocycles. The Kier molecular flexibility index (Phi) is 3.36. The second kappa shape index (κ2) is 4.76. The first kappa shape index (κ1) is 11.3. The van der Waals surface area contributed by atoms with Crippen LogP contribution in [0.4, 0.5) is 4.39 Å². The van der Waals surface area contributed by atoms with Crippen molar-refractivity contribution in [3.05, 3.63) is 57.0 Å². The fraction of sp³-hybridized carbons (Fsp3) is 0.0833. The third-order valence-corrected chi connectivity index (χ3v) is 3.35. The van der Waals surface area contributed by atoms with Crippen molar-refractivity contribution in [2.75, 3.05) is 0 Å². The summed E-state index contributed by atoms with van der Waals surface area (Å²) in [5, 5.41) is 2.05. The molecular formula is C12H8ClFOS. The average molecular weight is 255 g/mol. The van der Waals surface area contributed by atoms with Gasteiger partial charge in [-0.1, -0.05) is 23.7 Å². The number of benzene rings is 1. The van der Waals surface area contributed by atoms with E-state index < -0.39 is 5.82 Å². The number of hydrogen-bond acceptors (Lipinski definition) is 2. The largest absolute Gasteiger partial charge is 0.294 e. The lowest BCUT2D eigenvalue weighted by atomic mass is 10.1. The van der Waals surface area contributed by atoms with Gasteiger partial charge in [-0.15, -0.1) is 11.3 Å². The van der Waals surface area contributed by atoms with Gasteiger partial charge in [-0.3, -0.25) is 4.79 Å². The third kappa shape index (κ3) is 2.31. The van der Waals surface area contributed by atoms with Gasteiger partial charge in [0.05, 0.1) is 10.6 Å². The van der Waals surface area contributed by atoms with Crippen LogP contribution in [0.5, 0.6) is 0 Å². The van der Waals surface area contributed by atoms with Crippen LogP contribution in [0.2, 0.25) is 5.02 Å². The Balaban J connectivity index is 2.28. The van der Waals surface area contributed by atoms with Gasteiger partial charge in [0, 0.05) is 11.3 Å². The summed E-state index contributed by atoms with van der Waals surface area (Å²) in [6.07, 6.45) is 0.193. The summed E-state index contributed by atoms with van der Waals surface area (Å²) in [5.41, 5.74) is -0.0161. The summed E-state index contributed by atoms with van der Waals surface area (Å²) in [5.74, 6) is -0.848. The highest BCUT2D eigenvalue weighted by Gasteiger charge is 2.16. The molecule has 1 heterocycles. The lowest BCUT2D eigenvalue weighted by Crippen LogP contribution is -2.06. The van der Waals surface area contributed by atoms with E-state index in [2.05, 4.69) is 0 Å². The summed E-state index contributed by atoms with van der Waals surface area (Å²) >= 11 is 7.28. The third-order valence-electron chi connectivity index (χ3n) is 2.16. The van der Waals surface area contributed by atoms with E-state index in [1.807, 2.05) is 17.5 Å². The fourth-order valence-corrected chi connectivity index (χ4v) is 2.40. The molecule has 2 aromatic rings. The number of carbonyl (C=O) groups is 1. The van der Waals surface area contributed by atoms with Gasteiger partial charge in [-0.05, 0) is 23.6 Å². The normalized spacial score (nSPS) is 10.4. The van der Waals surface area contributed by atoms with Crippen molar-refractivity contribution in [3.63, 3.8) is 0 Å². The minimum Gasteiger partial charge on any atom is -0.294 e. The number of thiophene rings is 1. The zero-order chi connectivity index (χ0) is 11.5. The second-order valence-corrected chi connectivity index (χ2v) is 4.72. The van der Waals surface area contributed by atoms with Crippen molar-refractivity contribution in [1.29, 1.82) is 0 Å². The lowest BCUT2D eigenvalue weighted by molar-refractivity contribution is 0.0990. The van der Waals surface area contributed by atoms with Crippen LogP contribution in [0.25, 0.3) is 0 Å². The highest BCUT2D eigenvalue weighted by atomic mass is 35.5. The van der Waals surface area contributed by atoms with E-state index in [0.717, 1.165) is 4.88 Å². The molecule has 0 spiro atoms. The first-order valence-corrected chi connectivity index (χ1v) is 5.94. The van der Waals surface area contributed by atoms with Gasteiger partial charge in [-0.2, -0.15) is 0 Å².